The van der Waals surface area contributed by atoms with Crippen LogP contribution in [-0.2, 0) is 9.53 Å². The van der Waals surface area contributed by atoms with E-state index in [1.165, 1.54) is 7.11 Å². The number of benzene rings is 1. The minimum Gasteiger partial charge on any atom is -0.425 e. The molecule has 3 aromatic rings. The number of nitrogens with zero attached hydrogens (tertiary/aromatic N) is 2. The summed E-state index contributed by atoms with van der Waals surface area (Å²) in [6.07, 6.45) is 3.01. The van der Waals surface area contributed by atoms with Crippen molar-refractivity contribution in [3.8, 4) is 17.0 Å². The van der Waals surface area contributed by atoms with E-state index in [0.717, 1.165) is 29.1 Å². The lowest BCUT2D eigenvalue weighted by Crippen LogP contribution is -2.36. The number of carbonyl (C=O) groups excluding carboxylic acids is 1. The number of hydrogen-bond acceptors (Lipinski definition) is 5. The van der Waals surface area contributed by atoms with E-state index in [2.05, 4.69) is 44.3 Å². The minimum absolute atomic E-state index is 0.0783. The van der Waals surface area contributed by atoms with Crippen molar-refractivity contribution in [2.75, 3.05) is 19.0 Å². The summed E-state index contributed by atoms with van der Waals surface area (Å²) in [6, 6.07) is 13.4. The van der Waals surface area contributed by atoms with Gasteiger partial charge in [-0.05, 0) is 62.1 Å². The van der Waals surface area contributed by atoms with Crippen molar-refractivity contribution in [1.29, 1.82) is 0 Å². The van der Waals surface area contributed by atoms with Crippen LogP contribution in [0.4, 0.5) is 5.82 Å². The Hall–Kier alpha value is -2.86. The SMILES string of the molecule is COCC(=O)Oc1ccc(-c2nc3ccccn3c2NC(C)(C)CC(C)(C)C)cc1. The molecule has 0 saturated heterocycles. The number of rotatable bonds is 7. The molecule has 6 nitrogen and oxygen atoms in total. The molecule has 6 heteroatoms. The molecule has 1 N–H and O–H groups in total. The first-order valence-electron chi connectivity index (χ1n) is 10.1. The summed E-state index contributed by atoms with van der Waals surface area (Å²) >= 11 is 0. The van der Waals surface area contributed by atoms with Gasteiger partial charge in [0.25, 0.3) is 0 Å². The van der Waals surface area contributed by atoms with Gasteiger partial charge in [0.15, 0.2) is 0 Å². The zero-order chi connectivity index (χ0) is 21.9. The lowest BCUT2D eigenvalue weighted by molar-refractivity contribution is -0.138. The van der Waals surface area contributed by atoms with Crippen molar-refractivity contribution in [2.24, 2.45) is 5.41 Å². The van der Waals surface area contributed by atoms with Gasteiger partial charge >= 0.3 is 5.97 Å². The van der Waals surface area contributed by atoms with E-state index in [1.807, 2.05) is 36.5 Å². The van der Waals surface area contributed by atoms with E-state index in [4.69, 9.17) is 14.5 Å². The average molecular weight is 410 g/mol. The second-order valence-electron chi connectivity index (χ2n) is 9.42. The Kier molecular flexibility index (Phi) is 6.17. The first-order chi connectivity index (χ1) is 14.1. The molecule has 30 heavy (non-hydrogen) atoms. The number of imidazole rings is 1. The van der Waals surface area contributed by atoms with Crippen molar-refractivity contribution >= 4 is 17.4 Å². The van der Waals surface area contributed by atoms with Crippen LogP contribution in [0.2, 0.25) is 0 Å². The molecule has 0 aliphatic carbocycles. The Morgan fingerprint density at radius 3 is 2.40 bits per heavy atom. The molecular weight excluding hydrogens is 378 g/mol. The first kappa shape index (κ1) is 21.8. The summed E-state index contributed by atoms with van der Waals surface area (Å²) in [7, 11) is 1.46. The fraction of sp³-hybridized carbons (Fsp3) is 0.417. The van der Waals surface area contributed by atoms with Gasteiger partial charge in [-0.1, -0.05) is 26.8 Å². The molecule has 0 aliphatic heterocycles. The van der Waals surface area contributed by atoms with Gasteiger partial charge in [-0.2, -0.15) is 0 Å². The number of pyridine rings is 1. The van der Waals surface area contributed by atoms with Gasteiger partial charge in [0.2, 0.25) is 0 Å². The lowest BCUT2D eigenvalue weighted by atomic mass is 9.82. The third kappa shape index (κ3) is 5.39. The van der Waals surface area contributed by atoms with Gasteiger partial charge in [0.05, 0.1) is 0 Å². The molecule has 0 bridgehead atoms. The molecule has 0 atom stereocenters. The number of anilines is 1. The Morgan fingerprint density at radius 1 is 1.07 bits per heavy atom. The maximum atomic E-state index is 11.6. The topological polar surface area (TPSA) is 64.9 Å². The number of hydrogen-bond donors (Lipinski definition) is 1. The monoisotopic (exact) mass is 409 g/mol. The second-order valence-corrected chi connectivity index (χ2v) is 9.42. The molecule has 2 aromatic heterocycles. The third-order valence-electron chi connectivity index (χ3n) is 4.58. The summed E-state index contributed by atoms with van der Waals surface area (Å²) in [5, 5.41) is 3.73. The smallest absolute Gasteiger partial charge is 0.337 e. The van der Waals surface area contributed by atoms with Crippen LogP contribution in [0, 0.1) is 5.41 Å². The maximum absolute atomic E-state index is 11.6. The summed E-state index contributed by atoms with van der Waals surface area (Å²) < 4.78 is 12.1. The summed E-state index contributed by atoms with van der Waals surface area (Å²) in [4.78, 5) is 16.5. The van der Waals surface area contributed by atoms with Crippen molar-refractivity contribution in [2.45, 2.75) is 46.6 Å². The number of nitrogens with one attached hydrogen (secondary N) is 1. The number of aromatic nitrogens is 2. The van der Waals surface area contributed by atoms with Gasteiger partial charge < -0.3 is 14.8 Å². The molecule has 160 valence electrons. The van der Waals surface area contributed by atoms with E-state index < -0.39 is 5.97 Å². The van der Waals surface area contributed by atoms with Gasteiger partial charge in [0, 0.05) is 24.4 Å². The van der Waals surface area contributed by atoms with Crippen LogP contribution in [0.3, 0.4) is 0 Å². The van der Waals surface area contributed by atoms with Crippen LogP contribution in [0.25, 0.3) is 16.9 Å². The van der Waals surface area contributed by atoms with Crippen molar-refractivity contribution in [3.05, 3.63) is 48.7 Å². The Labute approximate surface area is 178 Å². The molecular formula is C24H31N3O3. The summed E-state index contributed by atoms with van der Waals surface area (Å²) in [5.41, 5.74) is 2.73. The highest BCUT2D eigenvalue weighted by Crippen LogP contribution is 2.35. The number of esters is 1. The van der Waals surface area contributed by atoms with Gasteiger partial charge in [-0.15, -0.1) is 0 Å². The Balaban J connectivity index is 1.96. The zero-order valence-corrected chi connectivity index (χ0v) is 18.7. The van der Waals surface area contributed by atoms with Crippen molar-refractivity contribution in [3.63, 3.8) is 0 Å². The summed E-state index contributed by atoms with van der Waals surface area (Å²) in [5.74, 6) is 1.00. The molecule has 0 saturated carbocycles. The number of carbonyl (C=O) groups is 1. The molecule has 0 spiro atoms. The Morgan fingerprint density at radius 2 is 1.77 bits per heavy atom. The maximum Gasteiger partial charge on any atom is 0.337 e. The Bertz CT molecular complexity index is 1010. The fourth-order valence-corrected chi connectivity index (χ4v) is 3.97. The number of methoxy groups -OCH3 is 1. The molecule has 2 heterocycles. The summed E-state index contributed by atoms with van der Waals surface area (Å²) in [6.45, 7) is 11.1. The highest BCUT2D eigenvalue weighted by Gasteiger charge is 2.28. The van der Waals surface area contributed by atoms with Crippen molar-refractivity contribution in [1.82, 2.24) is 9.38 Å². The van der Waals surface area contributed by atoms with Crippen LogP contribution in [0.5, 0.6) is 5.75 Å². The predicted octanol–water partition coefficient (Wildman–Crippen LogP) is 5.18. The second kappa shape index (κ2) is 8.48. The van der Waals surface area contributed by atoms with Crippen LogP contribution in [0.1, 0.15) is 41.0 Å². The third-order valence-corrected chi connectivity index (χ3v) is 4.58. The van der Waals surface area contributed by atoms with Crippen LogP contribution in [-0.4, -0.2) is 34.6 Å². The average Bonchev–Trinajstić information content (AvgIpc) is 2.98. The molecule has 3 rings (SSSR count). The fourth-order valence-electron chi connectivity index (χ4n) is 3.97. The van der Waals surface area contributed by atoms with Gasteiger partial charge in [-0.3, -0.25) is 4.40 Å². The van der Waals surface area contributed by atoms with E-state index in [1.54, 1.807) is 12.1 Å². The number of fused-ring (bicyclic) bond motifs is 1. The van der Waals surface area contributed by atoms with Gasteiger partial charge in [-0.25, -0.2) is 9.78 Å². The molecule has 0 radical (unpaired) electrons. The lowest BCUT2D eigenvalue weighted by Gasteiger charge is -2.34. The minimum atomic E-state index is -0.427. The molecule has 0 amide bonds. The standard InChI is InChI=1S/C24H31N3O3/c1-23(2,3)16-24(4,5)26-22-21(25-19-9-7-8-14-27(19)22)17-10-12-18(13-11-17)30-20(28)15-29-6/h7-14,26H,15-16H2,1-6H3. The highest BCUT2D eigenvalue weighted by molar-refractivity contribution is 5.78. The van der Waals surface area contributed by atoms with Crippen LogP contribution < -0.4 is 10.1 Å². The van der Waals surface area contributed by atoms with E-state index >= 15 is 0 Å². The first-order valence-corrected chi connectivity index (χ1v) is 10.1. The van der Waals surface area contributed by atoms with Gasteiger partial charge in [0.1, 0.15) is 29.5 Å². The molecule has 1 aromatic carbocycles. The largest absolute Gasteiger partial charge is 0.425 e. The quantitative estimate of drug-likeness (QED) is 0.430. The zero-order valence-electron chi connectivity index (χ0n) is 18.7. The molecule has 0 unspecified atom stereocenters. The highest BCUT2D eigenvalue weighted by atomic mass is 16.6. The van der Waals surface area contributed by atoms with Crippen LogP contribution >= 0.6 is 0 Å². The van der Waals surface area contributed by atoms with Crippen molar-refractivity contribution < 1.29 is 14.3 Å². The normalized spacial score (nSPS) is 12.2. The molecule has 0 fully saturated rings. The van der Waals surface area contributed by atoms with E-state index in [9.17, 15) is 4.79 Å². The van der Waals surface area contributed by atoms with Crippen LogP contribution in [0.15, 0.2) is 48.7 Å². The predicted molar refractivity (Wildman–Crippen MR) is 120 cm³/mol. The van der Waals surface area contributed by atoms with E-state index in [-0.39, 0.29) is 17.6 Å². The number of ether oxygens (including phenoxy) is 2. The van der Waals surface area contributed by atoms with E-state index in [0.29, 0.717) is 5.75 Å². The molecule has 0 aliphatic rings.